The van der Waals surface area contributed by atoms with Crippen molar-refractivity contribution in [2.45, 2.75) is 110 Å². The molecule has 54 heavy (non-hydrogen) atoms. The Hall–Kier alpha value is -4.85. The zero-order valence-corrected chi connectivity index (χ0v) is 32.2. The van der Waals surface area contributed by atoms with Gasteiger partial charge in [0.05, 0.1) is 32.3 Å². The van der Waals surface area contributed by atoms with E-state index in [9.17, 15) is 53.4 Å². The first kappa shape index (κ1) is 47.2. The number of aliphatic carboxylic acids is 1. The molecule has 0 aromatic rings. The fourth-order valence-electron chi connectivity index (χ4n) is 5.57. The minimum absolute atomic E-state index is 0.0327. The number of likely N-dealkylation sites (tertiary alicyclic amines) is 1. The Kier molecular flexibility index (Phi) is 20.1. The third-order valence-electron chi connectivity index (χ3n) is 8.35. The van der Waals surface area contributed by atoms with E-state index in [1.807, 2.05) is 0 Å². The zero-order valence-electron chi connectivity index (χ0n) is 32.2. The molecule has 0 saturated carbocycles. The van der Waals surface area contributed by atoms with Gasteiger partial charge in [0, 0.05) is 6.54 Å². The van der Waals surface area contributed by atoms with Gasteiger partial charge in [0.15, 0.2) is 0 Å². The minimum atomic E-state index is -1.55. The molecule has 0 aromatic carbocycles. The van der Waals surface area contributed by atoms with Gasteiger partial charge in [0.25, 0.3) is 0 Å². The number of amides is 8. The van der Waals surface area contributed by atoms with Crippen LogP contribution < -0.4 is 43.0 Å². The van der Waals surface area contributed by atoms with Crippen molar-refractivity contribution >= 4 is 53.2 Å². The lowest BCUT2D eigenvalue weighted by Gasteiger charge is -2.28. The van der Waals surface area contributed by atoms with Gasteiger partial charge in [-0.2, -0.15) is 0 Å². The molecule has 1 heterocycles. The van der Waals surface area contributed by atoms with Crippen LogP contribution in [-0.4, -0.2) is 137 Å². The largest absolute Gasteiger partial charge is 0.480 e. The maximum Gasteiger partial charge on any atom is 0.326 e. The fraction of sp³-hybridized carbons (Fsp3) is 0.735. The van der Waals surface area contributed by atoms with E-state index in [1.165, 1.54) is 11.8 Å². The molecule has 1 rings (SSSR count). The summed E-state index contributed by atoms with van der Waals surface area (Å²) in [5.41, 5.74) is 5.25. The molecule has 0 aromatic heterocycles. The smallest absolute Gasteiger partial charge is 0.326 e. The lowest BCUT2D eigenvalue weighted by Crippen LogP contribution is -2.59. The standard InChI is InChI=1S/C34H59N9O11/c1-17(2)11-21(30(49)42-29(20(7)44)33(52)38-15-26(47)40-22(34(53)54)12-18(3)4)39-25(46)14-37-32(51)28(19(5)6)41-31(50)23-9-8-10-43(23)27(48)16-36-24(45)13-35/h17-23,28-29,44H,8-16,35H2,1-7H3,(H,36,45)(H,37,51)(H,38,52)(H,39,46)(H,40,47)(H,41,50)(H,42,49)(H,53,54)/t20-,21+,22+,23+,28+,29+/m1/s1. The second kappa shape index (κ2) is 23.0. The third kappa shape index (κ3) is 16.4. The maximum absolute atomic E-state index is 13.3. The highest BCUT2D eigenvalue weighted by Crippen LogP contribution is 2.18. The molecule has 20 nitrogen and oxygen atoms in total. The topological polar surface area (TPSA) is 308 Å². The summed E-state index contributed by atoms with van der Waals surface area (Å²) < 4.78 is 0. The molecule has 11 N–H and O–H groups in total. The molecule has 0 unspecified atom stereocenters. The number of hydrogen-bond donors (Lipinski definition) is 10. The lowest BCUT2D eigenvalue weighted by atomic mass is 10.0. The van der Waals surface area contributed by atoms with Crippen molar-refractivity contribution in [2.24, 2.45) is 23.5 Å². The first-order valence-corrected chi connectivity index (χ1v) is 18.1. The average molecular weight is 770 g/mol. The molecular weight excluding hydrogens is 710 g/mol. The molecule has 20 heteroatoms. The number of aliphatic hydroxyl groups is 1. The van der Waals surface area contributed by atoms with Crippen molar-refractivity contribution in [3.63, 3.8) is 0 Å². The van der Waals surface area contributed by atoms with Crippen LogP contribution in [0.25, 0.3) is 0 Å². The molecule has 1 aliphatic heterocycles. The second-order valence-electron chi connectivity index (χ2n) is 14.5. The molecule has 0 radical (unpaired) electrons. The highest BCUT2D eigenvalue weighted by Gasteiger charge is 2.37. The van der Waals surface area contributed by atoms with E-state index in [0.717, 1.165) is 0 Å². The Bertz CT molecular complexity index is 1360. The molecule has 306 valence electrons. The zero-order chi connectivity index (χ0) is 41.3. The van der Waals surface area contributed by atoms with Gasteiger partial charge in [-0.1, -0.05) is 41.5 Å². The van der Waals surface area contributed by atoms with Crippen molar-refractivity contribution in [2.75, 3.05) is 32.7 Å². The van der Waals surface area contributed by atoms with Crippen molar-refractivity contribution in [1.82, 2.24) is 42.1 Å². The predicted octanol–water partition coefficient (Wildman–Crippen LogP) is -3.56. The van der Waals surface area contributed by atoms with Gasteiger partial charge in [-0.3, -0.25) is 38.4 Å². The van der Waals surface area contributed by atoms with Crippen LogP contribution in [0.1, 0.15) is 74.1 Å². The Morgan fingerprint density at radius 2 is 1.19 bits per heavy atom. The Morgan fingerprint density at radius 1 is 0.667 bits per heavy atom. The van der Waals surface area contributed by atoms with Gasteiger partial charge < -0.3 is 58.1 Å². The van der Waals surface area contributed by atoms with Gasteiger partial charge in [-0.05, 0) is 50.4 Å². The van der Waals surface area contributed by atoms with Crippen molar-refractivity contribution in [3.05, 3.63) is 0 Å². The van der Waals surface area contributed by atoms with E-state index >= 15 is 0 Å². The maximum atomic E-state index is 13.3. The molecule has 0 aliphatic carbocycles. The van der Waals surface area contributed by atoms with Gasteiger partial charge in [-0.15, -0.1) is 0 Å². The summed E-state index contributed by atoms with van der Waals surface area (Å²) in [5.74, 6) is -7.44. The number of carbonyl (C=O) groups is 9. The normalized spacial score (nSPS) is 16.7. The molecule has 1 fully saturated rings. The molecular formula is C34H59N9O11. The molecule has 0 bridgehead atoms. The summed E-state index contributed by atoms with van der Waals surface area (Å²) in [6, 6.07) is -5.89. The van der Waals surface area contributed by atoms with Crippen LogP contribution >= 0.6 is 0 Å². The summed E-state index contributed by atoms with van der Waals surface area (Å²) >= 11 is 0. The summed E-state index contributed by atoms with van der Waals surface area (Å²) in [6.07, 6.45) is -0.299. The number of carboxylic acids is 1. The summed E-state index contributed by atoms with van der Waals surface area (Å²) in [7, 11) is 0. The SMILES string of the molecule is CC(C)C[C@H](NC(=O)CNC(=O)[C@@H](NC(=O)[C@H](CC(C)C)NC(=O)CNC(=O)[C@@H](NC(=O)[C@@H]1CCCN1C(=O)CNC(=O)CN)C(C)C)[C@@H](C)O)C(=O)O. The van der Waals surface area contributed by atoms with Crippen LogP contribution in [0.2, 0.25) is 0 Å². The first-order valence-electron chi connectivity index (χ1n) is 18.1. The van der Waals surface area contributed by atoms with Crippen molar-refractivity contribution in [1.29, 1.82) is 0 Å². The Balaban J connectivity index is 2.86. The fourth-order valence-corrected chi connectivity index (χ4v) is 5.57. The first-order chi connectivity index (χ1) is 25.2. The number of carbonyl (C=O) groups excluding carboxylic acids is 8. The van der Waals surface area contributed by atoms with Crippen LogP contribution in [0.5, 0.6) is 0 Å². The summed E-state index contributed by atoms with van der Waals surface area (Å²) in [6.45, 7) is 10.1. The van der Waals surface area contributed by atoms with Crippen LogP contribution in [0, 0.1) is 17.8 Å². The number of aliphatic hydroxyl groups excluding tert-OH is 1. The molecule has 1 saturated heterocycles. The van der Waals surface area contributed by atoms with Crippen LogP contribution in [0.4, 0.5) is 0 Å². The average Bonchev–Trinajstić information content (AvgIpc) is 3.58. The highest BCUT2D eigenvalue weighted by molar-refractivity contribution is 5.96. The van der Waals surface area contributed by atoms with Crippen LogP contribution in [0.3, 0.4) is 0 Å². The predicted molar refractivity (Wildman–Crippen MR) is 194 cm³/mol. The highest BCUT2D eigenvalue weighted by atomic mass is 16.4. The van der Waals surface area contributed by atoms with Crippen LogP contribution in [-0.2, 0) is 43.2 Å². The number of rotatable bonds is 22. The number of nitrogens with one attached hydrogen (secondary N) is 7. The lowest BCUT2D eigenvalue weighted by molar-refractivity contribution is -0.142. The summed E-state index contributed by atoms with van der Waals surface area (Å²) in [4.78, 5) is 115. The number of nitrogens with two attached hydrogens (primary N) is 1. The van der Waals surface area contributed by atoms with Crippen molar-refractivity contribution in [3.8, 4) is 0 Å². The minimum Gasteiger partial charge on any atom is -0.480 e. The summed E-state index contributed by atoms with van der Waals surface area (Å²) in [5, 5.41) is 36.6. The Labute approximate surface area is 315 Å². The number of hydrogen-bond acceptors (Lipinski definition) is 11. The van der Waals surface area contributed by atoms with E-state index in [2.05, 4.69) is 37.2 Å². The molecule has 8 amide bonds. The number of carboxylic acid groups (broad SMARTS) is 1. The second-order valence-corrected chi connectivity index (χ2v) is 14.5. The molecule has 6 atom stereocenters. The van der Waals surface area contributed by atoms with Gasteiger partial charge in [0.1, 0.15) is 30.2 Å². The van der Waals surface area contributed by atoms with Gasteiger partial charge >= 0.3 is 5.97 Å². The van der Waals surface area contributed by atoms with E-state index < -0.39 is 109 Å². The van der Waals surface area contributed by atoms with E-state index in [4.69, 9.17) is 5.73 Å². The van der Waals surface area contributed by atoms with Gasteiger partial charge in [0.2, 0.25) is 47.3 Å². The quantitative estimate of drug-likeness (QED) is 0.0512. The number of nitrogens with zero attached hydrogens (tertiary/aromatic N) is 1. The van der Waals surface area contributed by atoms with Crippen molar-refractivity contribution < 1.29 is 53.4 Å². The van der Waals surface area contributed by atoms with E-state index in [0.29, 0.717) is 12.8 Å². The third-order valence-corrected chi connectivity index (χ3v) is 8.35. The van der Waals surface area contributed by atoms with Crippen LogP contribution in [0.15, 0.2) is 0 Å². The van der Waals surface area contributed by atoms with E-state index in [1.54, 1.807) is 41.5 Å². The van der Waals surface area contributed by atoms with Gasteiger partial charge in [-0.25, -0.2) is 4.79 Å². The molecule has 0 spiro atoms. The monoisotopic (exact) mass is 769 g/mol. The molecule has 1 aliphatic rings. The Morgan fingerprint density at radius 3 is 1.67 bits per heavy atom. The van der Waals surface area contributed by atoms with E-state index in [-0.39, 0.29) is 44.3 Å².